The normalized spacial score (nSPS) is 10.8. The van der Waals surface area contributed by atoms with Crippen LogP contribution < -0.4 is 0 Å². The highest BCUT2D eigenvalue weighted by molar-refractivity contribution is 9.09. The molecule has 1 aromatic carbocycles. The lowest BCUT2D eigenvalue weighted by atomic mass is 10.0. The molecule has 0 bridgehead atoms. The molecule has 1 rings (SSSR count). The van der Waals surface area contributed by atoms with Gasteiger partial charge in [-0.1, -0.05) is 79.2 Å². The Morgan fingerprint density at radius 1 is 0.722 bits per heavy atom. The van der Waals surface area contributed by atoms with Crippen LogP contribution in [-0.2, 0) is 12.8 Å². The van der Waals surface area contributed by atoms with E-state index in [1.54, 1.807) is 0 Å². The molecule has 18 heavy (non-hydrogen) atoms. The quantitative estimate of drug-likeness (QED) is 0.372. The average Bonchev–Trinajstić information content (AvgIpc) is 2.40. The van der Waals surface area contributed by atoms with E-state index in [1.165, 1.54) is 68.9 Å². The molecule has 0 N–H and O–H groups in total. The highest BCUT2D eigenvalue weighted by Gasteiger charge is 1.95. The SMILES string of the molecule is CCCc1ccc(CCCCCCCCBr)cc1. The third kappa shape index (κ3) is 7.20. The maximum Gasteiger partial charge on any atom is 0.00313 e. The Morgan fingerprint density at radius 3 is 1.78 bits per heavy atom. The van der Waals surface area contributed by atoms with E-state index in [0.717, 1.165) is 5.33 Å². The fraction of sp³-hybridized carbons (Fsp3) is 0.647. The lowest BCUT2D eigenvalue weighted by Gasteiger charge is -2.04. The molecule has 1 aromatic rings. The van der Waals surface area contributed by atoms with Crippen molar-refractivity contribution >= 4 is 15.9 Å². The summed E-state index contributed by atoms with van der Waals surface area (Å²) in [6.45, 7) is 2.24. The Labute approximate surface area is 121 Å². The average molecular weight is 311 g/mol. The Kier molecular flexibility index (Phi) is 9.28. The third-order valence-electron chi connectivity index (χ3n) is 3.41. The molecule has 0 aliphatic carbocycles. The van der Waals surface area contributed by atoms with Gasteiger partial charge in [0.1, 0.15) is 0 Å². The van der Waals surface area contributed by atoms with Gasteiger partial charge in [0, 0.05) is 5.33 Å². The molecule has 0 nitrogen and oxygen atoms in total. The fourth-order valence-corrected chi connectivity index (χ4v) is 2.69. The number of alkyl halides is 1. The third-order valence-corrected chi connectivity index (χ3v) is 3.97. The molecule has 0 heterocycles. The molecule has 0 aliphatic rings. The molecule has 102 valence electrons. The zero-order valence-electron chi connectivity index (χ0n) is 11.8. The van der Waals surface area contributed by atoms with E-state index < -0.39 is 0 Å². The number of rotatable bonds is 10. The first-order valence-electron chi connectivity index (χ1n) is 7.50. The Balaban J connectivity index is 2.08. The molecule has 0 spiro atoms. The minimum atomic E-state index is 1.16. The van der Waals surface area contributed by atoms with Crippen LogP contribution in [0.3, 0.4) is 0 Å². The van der Waals surface area contributed by atoms with E-state index in [2.05, 4.69) is 47.1 Å². The van der Waals surface area contributed by atoms with Crippen molar-refractivity contribution in [3.63, 3.8) is 0 Å². The van der Waals surface area contributed by atoms with Crippen LogP contribution in [0.5, 0.6) is 0 Å². The van der Waals surface area contributed by atoms with Crippen LogP contribution in [0.15, 0.2) is 24.3 Å². The molecule has 0 amide bonds. The van der Waals surface area contributed by atoms with Gasteiger partial charge >= 0.3 is 0 Å². The first kappa shape index (κ1) is 15.8. The van der Waals surface area contributed by atoms with Crippen LogP contribution in [0, 0.1) is 0 Å². The van der Waals surface area contributed by atoms with Crippen molar-refractivity contribution in [2.24, 2.45) is 0 Å². The Bertz CT molecular complexity index is 289. The van der Waals surface area contributed by atoms with E-state index in [-0.39, 0.29) is 0 Å². The summed E-state index contributed by atoms with van der Waals surface area (Å²) in [5.41, 5.74) is 2.99. The second-order valence-corrected chi connectivity index (χ2v) is 5.92. The predicted octanol–water partition coefficient (Wildman–Crippen LogP) is 5.92. The minimum Gasteiger partial charge on any atom is -0.0928 e. The minimum absolute atomic E-state index is 1.16. The van der Waals surface area contributed by atoms with Gasteiger partial charge in [0.2, 0.25) is 0 Å². The topological polar surface area (TPSA) is 0 Å². The smallest absolute Gasteiger partial charge is 0.00313 e. The molecular weight excluding hydrogens is 284 g/mol. The van der Waals surface area contributed by atoms with Crippen molar-refractivity contribution in [1.82, 2.24) is 0 Å². The highest BCUT2D eigenvalue weighted by atomic mass is 79.9. The van der Waals surface area contributed by atoms with Gasteiger partial charge in [0.05, 0.1) is 0 Å². The van der Waals surface area contributed by atoms with Crippen molar-refractivity contribution in [3.8, 4) is 0 Å². The molecule has 0 atom stereocenters. The summed E-state index contributed by atoms with van der Waals surface area (Å²) in [4.78, 5) is 0. The van der Waals surface area contributed by atoms with Crippen LogP contribution in [-0.4, -0.2) is 5.33 Å². The number of halogens is 1. The molecule has 0 radical (unpaired) electrons. The Hall–Kier alpha value is -0.300. The zero-order chi connectivity index (χ0) is 13.1. The van der Waals surface area contributed by atoms with Crippen molar-refractivity contribution in [2.45, 2.75) is 64.7 Å². The summed E-state index contributed by atoms with van der Waals surface area (Å²) in [7, 11) is 0. The molecule has 0 fully saturated rings. The lowest BCUT2D eigenvalue weighted by molar-refractivity contribution is 0.610. The largest absolute Gasteiger partial charge is 0.0928 e. The summed E-state index contributed by atoms with van der Waals surface area (Å²) in [6.07, 6.45) is 12.0. The molecular formula is C17H27Br. The molecule has 1 heteroatoms. The van der Waals surface area contributed by atoms with Crippen LogP contribution in [0.25, 0.3) is 0 Å². The van der Waals surface area contributed by atoms with Gasteiger partial charge in [-0.3, -0.25) is 0 Å². The standard InChI is InChI=1S/C17H27Br/c1-2-9-16-11-13-17(14-12-16)10-7-5-3-4-6-8-15-18/h11-14H,2-10,15H2,1H3. The molecule has 0 saturated carbocycles. The summed E-state index contributed by atoms with van der Waals surface area (Å²) in [5.74, 6) is 0. The van der Waals surface area contributed by atoms with E-state index >= 15 is 0 Å². The van der Waals surface area contributed by atoms with Crippen LogP contribution in [0.1, 0.15) is 63.0 Å². The first-order valence-corrected chi connectivity index (χ1v) is 8.62. The van der Waals surface area contributed by atoms with E-state index in [9.17, 15) is 0 Å². The predicted molar refractivity (Wildman–Crippen MR) is 85.6 cm³/mol. The monoisotopic (exact) mass is 310 g/mol. The van der Waals surface area contributed by atoms with Crippen LogP contribution in [0.2, 0.25) is 0 Å². The number of hydrogen-bond donors (Lipinski definition) is 0. The molecule has 0 aromatic heterocycles. The van der Waals surface area contributed by atoms with E-state index in [4.69, 9.17) is 0 Å². The van der Waals surface area contributed by atoms with Gasteiger partial charge in [-0.15, -0.1) is 0 Å². The van der Waals surface area contributed by atoms with Crippen molar-refractivity contribution in [1.29, 1.82) is 0 Å². The van der Waals surface area contributed by atoms with E-state index in [1.807, 2.05) is 0 Å². The van der Waals surface area contributed by atoms with Crippen molar-refractivity contribution < 1.29 is 0 Å². The fourth-order valence-electron chi connectivity index (χ4n) is 2.29. The Morgan fingerprint density at radius 2 is 1.22 bits per heavy atom. The van der Waals surface area contributed by atoms with E-state index in [0.29, 0.717) is 0 Å². The summed E-state index contributed by atoms with van der Waals surface area (Å²) >= 11 is 3.48. The second-order valence-electron chi connectivity index (χ2n) is 5.13. The maximum atomic E-state index is 3.48. The van der Waals surface area contributed by atoms with Gasteiger partial charge in [-0.2, -0.15) is 0 Å². The van der Waals surface area contributed by atoms with Gasteiger partial charge < -0.3 is 0 Å². The molecule has 0 saturated heterocycles. The number of hydrogen-bond acceptors (Lipinski definition) is 0. The lowest BCUT2D eigenvalue weighted by Crippen LogP contribution is -1.88. The zero-order valence-corrected chi connectivity index (χ0v) is 13.3. The summed E-state index contributed by atoms with van der Waals surface area (Å²) < 4.78 is 0. The van der Waals surface area contributed by atoms with Crippen LogP contribution in [0.4, 0.5) is 0 Å². The van der Waals surface area contributed by atoms with Crippen LogP contribution >= 0.6 is 15.9 Å². The van der Waals surface area contributed by atoms with Crippen molar-refractivity contribution in [2.75, 3.05) is 5.33 Å². The number of benzene rings is 1. The highest BCUT2D eigenvalue weighted by Crippen LogP contribution is 2.12. The van der Waals surface area contributed by atoms with Gasteiger partial charge in [-0.25, -0.2) is 0 Å². The number of unbranched alkanes of at least 4 members (excludes halogenated alkanes) is 5. The second kappa shape index (κ2) is 10.6. The van der Waals surface area contributed by atoms with Crippen molar-refractivity contribution in [3.05, 3.63) is 35.4 Å². The number of aryl methyl sites for hydroxylation is 2. The van der Waals surface area contributed by atoms with Gasteiger partial charge in [-0.05, 0) is 36.8 Å². The molecule has 0 unspecified atom stereocenters. The summed E-state index contributed by atoms with van der Waals surface area (Å²) in [6, 6.07) is 9.23. The van der Waals surface area contributed by atoms with Gasteiger partial charge in [0.25, 0.3) is 0 Å². The summed E-state index contributed by atoms with van der Waals surface area (Å²) in [5, 5.41) is 1.16. The van der Waals surface area contributed by atoms with Gasteiger partial charge in [0.15, 0.2) is 0 Å². The first-order chi connectivity index (χ1) is 8.86. The maximum absolute atomic E-state index is 3.48. The molecule has 0 aliphatic heterocycles.